The number of amides is 2. The monoisotopic (exact) mass is 317 g/mol. The van der Waals surface area contributed by atoms with Gasteiger partial charge in [0, 0.05) is 56.7 Å². The maximum atomic E-state index is 12.1. The Kier molecular flexibility index (Phi) is 8.52. The average Bonchev–Trinajstić information content (AvgIpc) is 2.44. The van der Waals surface area contributed by atoms with Crippen LogP contribution in [-0.4, -0.2) is 77.2 Å². The molecule has 2 amide bonds. The molecular weight excluding hydrogens is 290 g/mol. The van der Waals surface area contributed by atoms with Gasteiger partial charge < -0.3 is 15.3 Å². The SMILES string of the molecule is CC(C)N(CCCC(=O)O)C(=O)NCCN1CCSCC1. The van der Waals surface area contributed by atoms with Gasteiger partial charge >= 0.3 is 12.0 Å². The van der Waals surface area contributed by atoms with Crippen LogP contribution >= 0.6 is 11.8 Å². The van der Waals surface area contributed by atoms with Crippen molar-refractivity contribution in [2.75, 3.05) is 44.2 Å². The number of rotatable bonds is 8. The van der Waals surface area contributed by atoms with Crippen LogP contribution in [0.5, 0.6) is 0 Å². The Hall–Kier alpha value is -0.950. The van der Waals surface area contributed by atoms with E-state index in [4.69, 9.17) is 5.11 Å². The van der Waals surface area contributed by atoms with Crippen molar-refractivity contribution in [1.82, 2.24) is 15.1 Å². The number of hydrogen-bond acceptors (Lipinski definition) is 4. The highest BCUT2D eigenvalue weighted by Gasteiger charge is 2.17. The standard InChI is InChI=1S/C14H27N3O3S/c1-12(2)17(6-3-4-13(18)19)14(20)15-5-7-16-8-10-21-11-9-16/h12H,3-11H2,1-2H3,(H,15,20)(H,18,19). The Morgan fingerprint density at radius 1 is 1.33 bits per heavy atom. The largest absolute Gasteiger partial charge is 0.481 e. The third-order valence-corrected chi connectivity index (χ3v) is 4.42. The topological polar surface area (TPSA) is 72.9 Å². The molecule has 2 N–H and O–H groups in total. The molecule has 21 heavy (non-hydrogen) atoms. The van der Waals surface area contributed by atoms with E-state index in [0.717, 1.165) is 19.6 Å². The lowest BCUT2D eigenvalue weighted by molar-refractivity contribution is -0.137. The molecule has 0 saturated carbocycles. The summed E-state index contributed by atoms with van der Waals surface area (Å²) >= 11 is 1.97. The Morgan fingerprint density at radius 3 is 2.57 bits per heavy atom. The van der Waals surface area contributed by atoms with Gasteiger partial charge in [-0.25, -0.2) is 4.79 Å². The van der Waals surface area contributed by atoms with Gasteiger partial charge in [0.1, 0.15) is 0 Å². The van der Waals surface area contributed by atoms with E-state index in [2.05, 4.69) is 10.2 Å². The van der Waals surface area contributed by atoms with Crippen LogP contribution in [0.1, 0.15) is 26.7 Å². The smallest absolute Gasteiger partial charge is 0.317 e. The average molecular weight is 317 g/mol. The predicted molar refractivity (Wildman–Crippen MR) is 85.9 cm³/mol. The van der Waals surface area contributed by atoms with Crippen LogP contribution in [0.25, 0.3) is 0 Å². The molecule has 0 atom stereocenters. The third kappa shape index (κ3) is 7.57. The molecule has 122 valence electrons. The highest BCUT2D eigenvalue weighted by molar-refractivity contribution is 7.99. The zero-order valence-electron chi connectivity index (χ0n) is 13.0. The summed E-state index contributed by atoms with van der Waals surface area (Å²) in [5, 5.41) is 11.6. The maximum absolute atomic E-state index is 12.1. The van der Waals surface area contributed by atoms with Crippen LogP contribution in [0, 0.1) is 0 Å². The lowest BCUT2D eigenvalue weighted by Crippen LogP contribution is -2.47. The molecule has 0 aromatic rings. The minimum Gasteiger partial charge on any atom is -0.481 e. The molecule has 1 saturated heterocycles. The van der Waals surface area contributed by atoms with Gasteiger partial charge in [-0.05, 0) is 20.3 Å². The predicted octanol–water partition coefficient (Wildman–Crippen LogP) is 1.32. The van der Waals surface area contributed by atoms with Gasteiger partial charge in [-0.3, -0.25) is 9.69 Å². The quantitative estimate of drug-likeness (QED) is 0.706. The molecular formula is C14H27N3O3S. The van der Waals surface area contributed by atoms with E-state index >= 15 is 0 Å². The minimum atomic E-state index is -0.818. The number of carbonyl (C=O) groups is 2. The molecule has 0 spiro atoms. The van der Waals surface area contributed by atoms with Gasteiger partial charge in [-0.15, -0.1) is 0 Å². The summed E-state index contributed by atoms with van der Waals surface area (Å²) in [6.07, 6.45) is 0.590. The van der Waals surface area contributed by atoms with E-state index in [1.54, 1.807) is 4.90 Å². The van der Waals surface area contributed by atoms with Gasteiger partial charge in [0.25, 0.3) is 0 Å². The summed E-state index contributed by atoms with van der Waals surface area (Å²) in [5.74, 6) is 1.52. The fourth-order valence-corrected chi connectivity index (χ4v) is 3.22. The van der Waals surface area contributed by atoms with Crippen LogP contribution in [-0.2, 0) is 4.79 Å². The van der Waals surface area contributed by atoms with Crippen molar-refractivity contribution in [3.8, 4) is 0 Å². The number of aliphatic carboxylic acids is 1. The minimum absolute atomic E-state index is 0.0742. The molecule has 1 aliphatic rings. The first-order valence-electron chi connectivity index (χ1n) is 7.57. The second-order valence-electron chi connectivity index (χ2n) is 5.47. The van der Waals surface area contributed by atoms with Crippen molar-refractivity contribution in [1.29, 1.82) is 0 Å². The molecule has 7 heteroatoms. The van der Waals surface area contributed by atoms with E-state index in [0.29, 0.717) is 19.5 Å². The zero-order valence-corrected chi connectivity index (χ0v) is 13.8. The molecule has 0 bridgehead atoms. The fraction of sp³-hybridized carbons (Fsp3) is 0.857. The molecule has 1 rings (SSSR count). The van der Waals surface area contributed by atoms with Gasteiger partial charge in [0.2, 0.25) is 0 Å². The number of nitrogens with one attached hydrogen (secondary N) is 1. The van der Waals surface area contributed by atoms with Gasteiger partial charge in [-0.1, -0.05) is 0 Å². The fourth-order valence-electron chi connectivity index (χ4n) is 2.24. The van der Waals surface area contributed by atoms with Crippen LogP contribution in [0.2, 0.25) is 0 Å². The normalized spacial score (nSPS) is 16.0. The number of nitrogens with zero attached hydrogens (tertiary/aromatic N) is 2. The molecule has 0 aromatic heterocycles. The van der Waals surface area contributed by atoms with Crippen molar-refractivity contribution in [2.24, 2.45) is 0 Å². The summed E-state index contributed by atoms with van der Waals surface area (Å²) in [6.45, 7) is 8.08. The number of urea groups is 1. The first-order chi connectivity index (χ1) is 10.0. The first kappa shape index (κ1) is 18.1. The van der Waals surface area contributed by atoms with Crippen molar-refractivity contribution in [2.45, 2.75) is 32.7 Å². The third-order valence-electron chi connectivity index (χ3n) is 3.48. The molecule has 0 radical (unpaired) electrons. The number of thioether (sulfide) groups is 1. The summed E-state index contributed by atoms with van der Waals surface area (Å²) in [4.78, 5) is 26.8. The second-order valence-corrected chi connectivity index (χ2v) is 6.70. The van der Waals surface area contributed by atoms with Gasteiger partial charge in [0.15, 0.2) is 0 Å². The maximum Gasteiger partial charge on any atom is 0.317 e. The summed E-state index contributed by atoms with van der Waals surface area (Å²) < 4.78 is 0. The van der Waals surface area contributed by atoms with Gasteiger partial charge in [-0.2, -0.15) is 11.8 Å². The second kappa shape index (κ2) is 9.89. The van der Waals surface area contributed by atoms with Crippen LogP contribution in [0.15, 0.2) is 0 Å². The molecule has 0 aromatic carbocycles. The lowest BCUT2D eigenvalue weighted by atomic mass is 10.2. The molecule has 6 nitrogen and oxygen atoms in total. The number of carboxylic acid groups (broad SMARTS) is 1. The van der Waals surface area contributed by atoms with Crippen molar-refractivity contribution in [3.63, 3.8) is 0 Å². The first-order valence-corrected chi connectivity index (χ1v) is 8.72. The Balaban J connectivity index is 2.26. The van der Waals surface area contributed by atoms with E-state index in [9.17, 15) is 9.59 Å². The summed E-state index contributed by atoms with van der Waals surface area (Å²) in [7, 11) is 0. The van der Waals surface area contributed by atoms with Crippen molar-refractivity contribution in [3.05, 3.63) is 0 Å². The van der Waals surface area contributed by atoms with Crippen LogP contribution in [0.3, 0.4) is 0 Å². The zero-order chi connectivity index (χ0) is 15.7. The van der Waals surface area contributed by atoms with Crippen LogP contribution in [0.4, 0.5) is 4.79 Å². The summed E-state index contributed by atoms with van der Waals surface area (Å²) in [5.41, 5.74) is 0. The lowest BCUT2D eigenvalue weighted by Gasteiger charge is -2.29. The molecule has 0 aliphatic carbocycles. The number of carboxylic acids is 1. The van der Waals surface area contributed by atoms with Crippen molar-refractivity contribution < 1.29 is 14.7 Å². The molecule has 0 unspecified atom stereocenters. The van der Waals surface area contributed by atoms with E-state index in [-0.39, 0.29) is 18.5 Å². The van der Waals surface area contributed by atoms with Gasteiger partial charge in [0.05, 0.1) is 0 Å². The highest BCUT2D eigenvalue weighted by atomic mass is 32.2. The number of hydrogen-bond donors (Lipinski definition) is 2. The van der Waals surface area contributed by atoms with Crippen LogP contribution < -0.4 is 5.32 Å². The highest BCUT2D eigenvalue weighted by Crippen LogP contribution is 2.08. The molecule has 1 aliphatic heterocycles. The Bertz CT molecular complexity index is 333. The van der Waals surface area contributed by atoms with E-state index in [1.807, 2.05) is 25.6 Å². The molecule has 1 fully saturated rings. The Labute approximate surface area is 131 Å². The number of carbonyl (C=O) groups excluding carboxylic acids is 1. The van der Waals surface area contributed by atoms with Crippen molar-refractivity contribution >= 4 is 23.8 Å². The van der Waals surface area contributed by atoms with E-state index < -0.39 is 5.97 Å². The Morgan fingerprint density at radius 2 is 2.00 bits per heavy atom. The summed E-state index contributed by atoms with van der Waals surface area (Å²) in [6, 6.07) is -0.0213. The van der Waals surface area contributed by atoms with E-state index in [1.165, 1.54) is 11.5 Å². The molecule has 1 heterocycles.